The van der Waals surface area contributed by atoms with E-state index in [4.69, 9.17) is 17.3 Å². The molecule has 20 heavy (non-hydrogen) atoms. The van der Waals surface area contributed by atoms with Gasteiger partial charge in [-0.05, 0) is 31.5 Å². The largest absolute Gasteiger partial charge is 0.324 e. The molecule has 1 unspecified atom stereocenters. The van der Waals surface area contributed by atoms with Crippen LogP contribution in [0.3, 0.4) is 0 Å². The maximum absolute atomic E-state index is 12.0. The lowest BCUT2D eigenvalue weighted by molar-refractivity contribution is -0.116. The molecule has 0 saturated carbocycles. The Morgan fingerprint density at radius 1 is 1.55 bits per heavy atom. The number of carbonyl (C=O) groups is 1. The highest BCUT2D eigenvalue weighted by atomic mass is 35.5. The molecule has 2 rings (SSSR count). The third-order valence-corrected chi connectivity index (χ3v) is 3.04. The van der Waals surface area contributed by atoms with Crippen LogP contribution in [-0.2, 0) is 11.3 Å². The molecule has 1 heterocycles. The summed E-state index contributed by atoms with van der Waals surface area (Å²) in [7, 11) is 0. The first-order chi connectivity index (χ1) is 9.45. The predicted molar refractivity (Wildman–Crippen MR) is 77.4 cm³/mol. The van der Waals surface area contributed by atoms with Gasteiger partial charge in [0, 0.05) is 16.8 Å². The van der Waals surface area contributed by atoms with Crippen LogP contribution in [0.2, 0.25) is 5.02 Å². The van der Waals surface area contributed by atoms with Crippen LogP contribution in [0.4, 0.5) is 5.69 Å². The number of benzene rings is 1. The first kappa shape index (κ1) is 14.5. The Kier molecular flexibility index (Phi) is 4.36. The summed E-state index contributed by atoms with van der Waals surface area (Å²) in [4.78, 5) is 12.0. The molecule has 1 amide bonds. The van der Waals surface area contributed by atoms with Crippen LogP contribution in [0.1, 0.15) is 24.2 Å². The summed E-state index contributed by atoms with van der Waals surface area (Å²) >= 11 is 5.91. The van der Waals surface area contributed by atoms with Crippen molar-refractivity contribution in [1.82, 2.24) is 15.0 Å². The minimum Gasteiger partial charge on any atom is -0.324 e. The smallest absolute Gasteiger partial charge is 0.246 e. The van der Waals surface area contributed by atoms with Crippen LogP contribution >= 0.6 is 11.6 Å². The number of aryl methyl sites for hydroxylation is 1. The normalized spacial score (nSPS) is 12.2. The minimum absolute atomic E-state index is 0.0751. The van der Waals surface area contributed by atoms with E-state index in [0.29, 0.717) is 16.4 Å². The zero-order valence-corrected chi connectivity index (χ0v) is 12.1. The van der Waals surface area contributed by atoms with E-state index in [1.54, 1.807) is 18.3 Å². The number of hydrogen-bond donors (Lipinski definition) is 2. The summed E-state index contributed by atoms with van der Waals surface area (Å²) in [5, 5.41) is 11.1. The van der Waals surface area contributed by atoms with Gasteiger partial charge in [0.2, 0.25) is 5.91 Å². The maximum atomic E-state index is 12.0. The van der Waals surface area contributed by atoms with Gasteiger partial charge in [-0.1, -0.05) is 22.9 Å². The molecule has 1 aromatic carbocycles. The van der Waals surface area contributed by atoms with Crippen LogP contribution in [0.15, 0.2) is 24.4 Å². The molecule has 0 aliphatic carbocycles. The van der Waals surface area contributed by atoms with Crippen molar-refractivity contribution in [2.24, 2.45) is 5.73 Å². The Balaban J connectivity index is 2.03. The molecule has 0 fully saturated rings. The second kappa shape index (κ2) is 6.02. The molecule has 0 bridgehead atoms. The lowest BCUT2D eigenvalue weighted by atomic mass is 10.2. The Morgan fingerprint density at radius 2 is 2.30 bits per heavy atom. The molecular weight excluding hydrogens is 278 g/mol. The van der Waals surface area contributed by atoms with E-state index >= 15 is 0 Å². The van der Waals surface area contributed by atoms with Gasteiger partial charge in [-0.3, -0.25) is 4.79 Å². The van der Waals surface area contributed by atoms with Gasteiger partial charge in [-0.25, -0.2) is 4.68 Å². The molecule has 0 aliphatic heterocycles. The fourth-order valence-electron chi connectivity index (χ4n) is 1.67. The van der Waals surface area contributed by atoms with Crippen molar-refractivity contribution < 1.29 is 4.79 Å². The topological polar surface area (TPSA) is 85.8 Å². The summed E-state index contributed by atoms with van der Waals surface area (Å²) in [6.07, 6.45) is 1.66. The SMILES string of the molecule is Cc1ccc(Cl)cc1NC(=O)Cn1cc(C(C)N)nn1. The van der Waals surface area contributed by atoms with Crippen molar-refractivity contribution in [2.75, 3.05) is 5.32 Å². The highest BCUT2D eigenvalue weighted by molar-refractivity contribution is 6.31. The molecule has 0 radical (unpaired) electrons. The first-order valence-corrected chi connectivity index (χ1v) is 6.55. The Hall–Kier alpha value is -1.92. The lowest BCUT2D eigenvalue weighted by Gasteiger charge is -2.08. The van der Waals surface area contributed by atoms with Crippen molar-refractivity contribution in [1.29, 1.82) is 0 Å². The Labute approximate surface area is 121 Å². The molecule has 7 heteroatoms. The molecule has 1 aromatic heterocycles. The lowest BCUT2D eigenvalue weighted by Crippen LogP contribution is -2.19. The Bertz CT molecular complexity index is 623. The number of anilines is 1. The monoisotopic (exact) mass is 293 g/mol. The number of carbonyl (C=O) groups excluding carboxylic acids is 1. The summed E-state index contributed by atoms with van der Waals surface area (Å²) < 4.78 is 1.45. The number of amides is 1. The van der Waals surface area contributed by atoms with Crippen LogP contribution in [0, 0.1) is 6.92 Å². The zero-order valence-electron chi connectivity index (χ0n) is 11.3. The second-order valence-electron chi connectivity index (χ2n) is 4.64. The second-order valence-corrected chi connectivity index (χ2v) is 5.07. The van der Waals surface area contributed by atoms with Crippen LogP contribution < -0.4 is 11.1 Å². The number of hydrogen-bond acceptors (Lipinski definition) is 4. The molecule has 106 valence electrons. The van der Waals surface area contributed by atoms with Gasteiger partial charge in [0.1, 0.15) is 6.54 Å². The maximum Gasteiger partial charge on any atom is 0.246 e. The molecule has 3 N–H and O–H groups in total. The van der Waals surface area contributed by atoms with Crippen LogP contribution in [-0.4, -0.2) is 20.9 Å². The Morgan fingerprint density at radius 3 is 2.95 bits per heavy atom. The minimum atomic E-state index is -0.206. The van der Waals surface area contributed by atoms with E-state index in [1.165, 1.54) is 4.68 Å². The average molecular weight is 294 g/mol. The van der Waals surface area contributed by atoms with Gasteiger partial charge in [0.25, 0.3) is 0 Å². The molecule has 0 aliphatic rings. The number of nitrogens with one attached hydrogen (secondary N) is 1. The molecule has 1 atom stereocenters. The molecule has 0 saturated heterocycles. The van der Waals surface area contributed by atoms with E-state index in [1.807, 2.05) is 19.9 Å². The van der Waals surface area contributed by atoms with Gasteiger partial charge in [-0.2, -0.15) is 0 Å². The summed E-state index contributed by atoms with van der Waals surface area (Å²) in [5.74, 6) is -0.198. The zero-order chi connectivity index (χ0) is 14.7. The van der Waals surface area contributed by atoms with Crippen LogP contribution in [0.25, 0.3) is 0 Å². The van der Waals surface area contributed by atoms with Crippen molar-refractivity contribution in [3.05, 3.63) is 40.7 Å². The number of nitrogens with two attached hydrogens (primary N) is 1. The molecule has 6 nitrogen and oxygen atoms in total. The summed E-state index contributed by atoms with van der Waals surface area (Å²) in [6.45, 7) is 3.78. The molecular formula is C13H16ClN5O. The van der Waals surface area contributed by atoms with Gasteiger partial charge < -0.3 is 11.1 Å². The van der Waals surface area contributed by atoms with E-state index in [-0.39, 0.29) is 18.5 Å². The van der Waals surface area contributed by atoms with Gasteiger partial charge in [0.15, 0.2) is 0 Å². The number of aromatic nitrogens is 3. The highest BCUT2D eigenvalue weighted by Crippen LogP contribution is 2.20. The highest BCUT2D eigenvalue weighted by Gasteiger charge is 2.10. The van der Waals surface area contributed by atoms with E-state index in [2.05, 4.69) is 15.6 Å². The van der Waals surface area contributed by atoms with Gasteiger partial charge in [-0.15, -0.1) is 5.10 Å². The average Bonchev–Trinajstić information content (AvgIpc) is 2.82. The van der Waals surface area contributed by atoms with Crippen LogP contribution in [0.5, 0.6) is 0 Å². The van der Waals surface area contributed by atoms with Crippen molar-refractivity contribution in [3.8, 4) is 0 Å². The fraction of sp³-hybridized carbons (Fsp3) is 0.308. The fourth-order valence-corrected chi connectivity index (χ4v) is 1.84. The third-order valence-electron chi connectivity index (χ3n) is 2.80. The van der Waals surface area contributed by atoms with Crippen molar-refractivity contribution in [2.45, 2.75) is 26.4 Å². The predicted octanol–water partition coefficient (Wildman–Crippen LogP) is 1.90. The van der Waals surface area contributed by atoms with Crippen molar-refractivity contribution in [3.63, 3.8) is 0 Å². The number of halogens is 1. The van der Waals surface area contributed by atoms with E-state index in [9.17, 15) is 4.79 Å². The molecule has 0 spiro atoms. The van der Waals surface area contributed by atoms with Crippen molar-refractivity contribution >= 4 is 23.2 Å². The van der Waals surface area contributed by atoms with E-state index < -0.39 is 0 Å². The van der Waals surface area contributed by atoms with E-state index in [0.717, 1.165) is 5.56 Å². The molecule has 2 aromatic rings. The first-order valence-electron chi connectivity index (χ1n) is 6.17. The third kappa shape index (κ3) is 3.55. The summed E-state index contributed by atoms with van der Waals surface area (Å²) in [6, 6.07) is 5.13. The van der Waals surface area contributed by atoms with Gasteiger partial charge >= 0.3 is 0 Å². The number of nitrogens with zero attached hydrogens (tertiary/aromatic N) is 3. The standard InChI is InChI=1S/C13H16ClN5O/c1-8-3-4-10(14)5-11(8)16-13(20)7-19-6-12(9(2)15)17-18-19/h3-6,9H,7,15H2,1-2H3,(H,16,20). The number of rotatable bonds is 4. The quantitative estimate of drug-likeness (QED) is 0.901. The summed E-state index contributed by atoms with van der Waals surface area (Å²) in [5.41, 5.74) is 7.97. The van der Waals surface area contributed by atoms with Gasteiger partial charge in [0.05, 0.1) is 11.9 Å².